The van der Waals surface area contributed by atoms with Crippen molar-refractivity contribution in [3.05, 3.63) is 41.4 Å². The molecule has 1 amide bonds. The molecule has 0 aliphatic heterocycles. The van der Waals surface area contributed by atoms with Crippen molar-refractivity contribution in [3.63, 3.8) is 0 Å². The number of anilines is 1. The molecule has 19 heavy (non-hydrogen) atoms. The zero-order valence-corrected chi connectivity index (χ0v) is 11.1. The fraction of sp³-hybridized carbons (Fsp3) is 0.250. The van der Waals surface area contributed by atoms with E-state index in [0.29, 0.717) is 16.5 Å². The van der Waals surface area contributed by atoms with Crippen molar-refractivity contribution in [1.82, 2.24) is 14.8 Å². The van der Waals surface area contributed by atoms with E-state index in [2.05, 4.69) is 15.4 Å². The van der Waals surface area contributed by atoms with Gasteiger partial charge in [0.1, 0.15) is 12.9 Å². The van der Waals surface area contributed by atoms with E-state index in [4.69, 9.17) is 17.3 Å². The average Bonchev–Trinajstić information content (AvgIpc) is 2.80. The fourth-order valence-corrected chi connectivity index (χ4v) is 1.68. The number of aromatic nitrogens is 3. The highest BCUT2D eigenvalue weighted by Crippen LogP contribution is 2.20. The third-order valence-corrected chi connectivity index (χ3v) is 2.74. The van der Waals surface area contributed by atoms with Gasteiger partial charge in [0.2, 0.25) is 5.91 Å². The van der Waals surface area contributed by atoms with Crippen molar-refractivity contribution >= 4 is 23.2 Å². The highest BCUT2D eigenvalue weighted by molar-refractivity contribution is 6.33. The first-order valence-corrected chi connectivity index (χ1v) is 6.13. The maximum atomic E-state index is 11.8. The zero-order valence-electron chi connectivity index (χ0n) is 10.4. The normalized spacial score (nSPS) is 12.2. The van der Waals surface area contributed by atoms with Gasteiger partial charge in [-0.25, -0.2) is 9.67 Å². The van der Waals surface area contributed by atoms with Crippen molar-refractivity contribution in [1.29, 1.82) is 0 Å². The number of benzene rings is 1. The Morgan fingerprint density at radius 2 is 2.26 bits per heavy atom. The standard InChI is InChI=1S/C12H14ClN5O/c1-8(14)12-15-7-18(17-12)6-11(19)16-10-5-3-2-4-9(10)13/h2-5,7-8H,6,14H2,1H3,(H,16,19). The molecule has 2 aromatic rings. The molecular weight excluding hydrogens is 266 g/mol. The molecule has 1 unspecified atom stereocenters. The van der Waals surface area contributed by atoms with Gasteiger partial charge in [-0.05, 0) is 19.1 Å². The van der Waals surface area contributed by atoms with Crippen LogP contribution in [0, 0.1) is 0 Å². The number of rotatable bonds is 4. The molecule has 3 N–H and O–H groups in total. The van der Waals surface area contributed by atoms with Gasteiger partial charge in [0, 0.05) is 0 Å². The molecule has 0 radical (unpaired) electrons. The van der Waals surface area contributed by atoms with E-state index >= 15 is 0 Å². The Bertz CT molecular complexity index is 581. The number of hydrogen-bond acceptors (Lipinski definition) is 4. The molecule has 0 saturated heterocycles. The Labute approximate surface area is 115 Å². The number of nitrogens with two attached hydrogens (primary N) is 1. The van der Waals surface area contributed by atoms with Gasteiger partial charge in [0.25, 0.3) is 0 Å². The minimum atomic E-state index is -0.257. The van der Waals surface area contributed by atoms with Gasteiger partial charge in [0.05, 0.1) is 16.8 Å². The van der Waals surface area contributed by atoms with Crippen LogP contribution in [0.15, 0.2) is 30.6 Å². The summed E-state index contributed by atoms with van der Waals surface area (Å²) in [7, 11) is 0. The van der Waals surface area contributed by atoms with Gasteiger partial charge in [-0.2, -0.15) is 5.10 Å². The number of nitrogens with one attached hydrogen (secondary N) is 1. The van der Waals surface area contributed by atoms with Crippen LogP contribution < -0.4 is 11.1 Å². The summed E-state index contributed by atoms with van der Waals surface area (Å²) in [5.41, 5.74) is 6.22. The number of amides is 1. The van der Waals surface area contributed by atoms with Gasteiger partial charge < -0.3 is 11.1 Å². The molecule has 6 nitrogen and oxygen atoms in total. The second-order valence-electron chi connectivity index (χ2n) is 4.12. The molecule has 0 fully saturated rings. The summed E-state index contributed by atoms with van der Waals surface area (Å²) in [4.78, 5) is 15.8. The van der Waals surface area contributed by atoms with Gasteiger partial charge in [-0.15, -0.1) is 0 Å². The van der Waals surface area contributed by atoms with Crippen LogP contribution >= 0.6 is 11.6 Å². The molecule has 1 heterocycles. The van der Waals surface area contributed by atoms with Crippen LogP contribution in [0.1, 0.15) is 18.8 Å². The molecule has 7 heteroatoms. The average molecular weight is 280 g/mol. The van der Waals surface area contributed by atoms with E-state index in [9.17, 15) is 4.79 Å². The lowest BCUT2D eigenvalue weighted by molar-refractivity contribution is -0.116. The molecule has 1 aromatic carbocycles. The highest BCUT2D eigenvalue weighted by atomic mass is 35.5. The van der Waals surface area contributed by atoms with Crippen LogP contribution in [0.25, 0.3) is 0 Å². The predicted octanol–water partition coefficient (Wildman–Crippen LogP) is 1.59. The van der Waals surface area contributed by atoms with Crippen LogP contribution in [0.3, 0.4) is 0 Å². The number of carbonyl (C=O) groups excluding carboxylic acids is 1. The Hall–Kier alpha value is -1.92. The van der Waals surface area contributed by atoms with Crippen LogP contribution in [-0.2, 0) is 11.3 Å². The maximum Gasteiger partial charge on any atom is 0.246 e. The van der Waals surface area contributed by atoms with Crippen molar-refractivity contribution in [2.45, 2.75) is 19.5 Å². The molecule has 100 valence electrons. The quantitative estimate of drug-likeness (QED) is 0.890. The first-order valence-electron chi connectivity index (χ1n) is 5.75. The maximum absolute atomic E-state index is 11.8. The molecule has 0 spiro atoms. The summed E-state index contributed by atoms with van der Waals surface area (Å²) in [6, 6.07) is 6.78. The lowest BCUT2D eigenvalue weighted by Gasteiger charge is -2.06. The van der Waals surface area contributed by atoms with Crippen molar-refractivity contribution < 1.29 is 4.79 Å². The van der Waals surface area contributed by atoms with Gasteiger partial charge in [0.15, 0.2) is 5.82 Å². The van der Waals surface area contributed by atoms with Crippen molar-refractivity contribution in [2.75, 3.05) is 5.32 Å². The van der Waals surface area contributed by atoms with E-state index in [1.807, 2.05) is 0 Å². The summed E-state index contributed by atoms with van der Waals surface area (Å²) in [5.74, 6) is 0.278. The Kier molecular flexibility index (Phi) is 4.13. The first kappa shape index (κ1) is 13.5. The summed E-state index contributed by atoms with van der Waals surface area (Å²) in [6.45, 7) is 1.84. The molecule has 0 bridgehead atoms. The van der Waals surface area contributed by atoms with Crippen LogP contribution in [0.2, 0.25) is 5.02 Å². The third-order valence-electron chi connectivity index (χ3n) is 2.42. The summed E-state index contributed by atoms with van der Waals surface area (Å²) >= 11 is 5.95. The largest absolute Gasteiger partial charge is 0.323 e. The Morgan fingerprint density at radius 3 is 2.89 bits per heavy atom. The second-order valence-corrected chi connectivity index (χ2v) is 4.52. The van der Waals surface area contributed by atoms with Crippen molar-refractivity contribution in [2.24, 2.45) is 5.73 Å². The topological polar surface area (TPSA) is 85.8 Å². The number of hydrogen-bond donors (Lipinski definition) is 2. The molecule has 0 aliphatic carbocycles. The molecule has 0 saturated carbocycles. The lowest BCUT2D eigenvalue weighted by Crippen LogP contribution is -2.19. The highest BCUT2D eigenvalue weighted by Gasteiger charge is 2.09. The molecule has 2 rings (SSSR count). The van der Waals surface area contributed by atoms with E-state index < -0.39 is 0 Å². The third kappa shape index (κ3) is 3.52. The zero-order chi connectivity index (χ0) is 13.8. The smallest absolute Gasteiger partial charge is 0.246 e. The van der Waals surface area contributed by atoms with E-state index in [-0.39, 0.29) is 18.5 Å². The number of halogens is 1. The number of nitrogens with zero attached hydrogens (tertiary/aromatic N) is 3. The predicted molar refractivity (Wildman–Crippen MR) is 72.7 cm³/mol. The Balaban J connectivity index is 1.99. The van der Waals surface area contributed by atoms with Crippen LogP contribution in [-0.4, -0.2) is 20.7 Å². The number of carbonyl (C=O) groups is 1. The first-order chi connectivity index (χ1) is 9.06. The Morgan fingerprint density at radius 1 is 1.53 bits per heavy atom. The summed E-state index contributed by atoms with van der Waals surface area (Å²) in [5, 5.41) is 7.30. The molecule has 1 aromatic heterocycles. The molecular formula is C12H14ClN5O. The minimum Gasteiger partial charge on any atom is -0.323 e. The van der Waals surface area contributed by atoms with E-state index in [0.717, 1.165) is 0 Å². The molecule has 1 atom stereocenters. The van der Waals surface area contributed by atoms with Crippen molar-refractivity contribution in [3.8, 4) is 0 Å². The van der Waals surface area contributed by atoms with Gasteiger partial charge >= 0.3 is 0 Å². The monoisotopic (exact) mass is 279 g/mol. The fourth-order valence-electron chi connectivity index (χ4n) is 1.49. The second kappa shape index (κ2) is 5.81. The molecule has 0 aliphatic rings. The van der Waals surface area contributed by atoms with Gasteiger partial charge in [-0.3, -0.25) is 4.79 Å². The SMILES string of the molecule is CC(N)c1ncn(CC(=O)Nc2ccccc2Cl)n1. The minimum absolute atomic E-state index is 0.0605. The number of para-hydroxylation sites is 1. The van der Waals surface area contributed by atoms with Gasteiger partial charge in [-0.1, -0.05) is 23.7 Å². The summed E-state index contributed by atoms with van der Waals surface area (Å²) < 4.78 is 1.44. The summed E-state index contributed by atoms with van der Waals surface area (Å²) in [6.07, 6.45) is 1.48. The lowest BCUT2D eigenvalue weighted by atomic mass is 10.3. The van der Waals surface area contributed by atoms with E-state index in [1.54, 1.807) is 31.2 Å². The van der Waals surface area contributed by atoms with Crippen LogP contribution in [0.4, 0.5) is 5.69 Å². The van der Waals surface area contributed by atoms with Crippen LogP contribution in [0.5, 0.6) is 0 Å². The van der Waals surface area contributed by atoms with E-state index in [1.165, 1.54) is 11.0 Å².